The van der Waals surface area contributed by atoms with Gasteiger partial charge >= 0.3 is 5.97 Å². The summed E-state index contributed by atoms with van der Waals surface area (Å²) in [6.07, 6.45) is 4.01. The summed E-state index contributed by atoms with van der Waals surface area (Å²) >= 11 is 5.85. The van der Waals surface area contributed by atoms with E-state index >= 15 is 0 Å². The lowest BCUT2D eigenvalue weighted by Crippen LogP contribution is -2.54. The van der Waals surface area contributed by atoms with Crippen LogP contribution in [0, 0.1) is 5.82 Å². The highest BCUT2D eigenvalue weighted by molar-refractivity contribution is 7.89. The molecule has 0 amide bonds. The Labute approximate surface area is 140 Å². The average Bonchev–Trinajstić information content (AvgIpc) is 2.72. The van der Waals surface area contributed by atoms with Gasteiger partial charge in [-0.15, -0.1) is 0 Å². The summed E-state index contributed by atoms with van der Waals surface area (Å²) in [7, 11) is -2.86. The maximum Gasteiger partial charge on any atom is 0.327 e. The van der Waals surface area contributed by atoms with Gasteiger partial charge < -0.3 is 4.74 Å². The second-order valence-corrected chi connectivity index (χ2v) is 7.73. The number of carbonyl (C=O) groups excluding carboxylic acids is 1. The predicted octanol–water partition coefficient (Wildman–Crippen LogP) is 3.02. The Bertz CT molecular complexity index is 685. The molecule has 1 aromatic carbocycles. The van der Waals surface area contributed by atoms with Gasteiger partial charge in [-0.2, -0.15) is 4.72 Å². The molecule has 0 bridgehead atoms. The molecular formula is C15H19ClFNO4S. The summed E-state index contributed by atoms with van der Waals surface area (Å²) in [5, 5.41) is -0.230. The van der Waals surface area contributed by atoms with Crippen molar-refractivity contribution in [3.63, 3.8) is 0 Å². The molecule has 1 N–H and O–H groups in total. The number of hydrogen-bond donors (Lipinski definition) is 1. The Morgan fingerprint density at radius 2 is 1.87 bits per heavy atom. The monoisotopic (exact) mass is 363 g/mol. The molecule has 8 heteroatoms. The van der Waals surface area contributed by atoms with Crippen LogP contribution < -0.4 is 4.72 Å². The van der Waals surface area contributed by atoms with Gasteiger partial charge in [0.15, 0.2) is 0 Å². The first-order chi connectivity index (χ1) is 10.8. The lowest BCUT2D eigenvalue weighted by atomic mass is 9.92. The van der Waals surface area contributed by atoms with Crippen LogP contribution in [0.4, 0.5) is 4.39 Å². The standard InChI is InChI=1S/C15H19ClFNO4S/c1-22-14(19)15(8-4-2-3-5-9-15)18-23(20,21)13-7-6-11(17)10-12(13)16/h6-7,10,18H,2-5,8-9H2,1H3. The van der Waals surface area contributed by atoms with E-state index in [1.165, 1.54) is 7.11 Å². The van der Waals surface area contributed by atoms with E-state index in [1.54, 1.807) is 0 Å². The van der Waals surface area contributed by atoms with Crippen molar-refractivity contribution in [3.8, 4) is 0 Å². The zero-order valence-corrected chi connectivity index (χ0v) is 14.3. The maximum absolute atomic E-state index is 13.1. The van der Waals surface area contributed by atoms with E-state index in [-0.39, 0.29) is 9.92 Å². The third kappa shape index (κ3) is 4.02. The van der Waals surface area contributed by atoms with Crippen LogP contribution in [0.1, 0.15) is 38.5 Å². The number of nitrogens with one attached hydrogen (secondary N) is 1. The molecule has 1 aliphatic carbocycles. The minimum atomic E-state index is -4.09. The zero-order valence-electron chi connectivity index (χ0n) is 12.8. The van der Waals surface area contributed by atoms with Gasteiger partial charge in [0.1, 0.15) is 16.3 Å². The van der Waals surface area contributed by atoms with Crippen LogP contribution in [0.15, 0.2) is 23.1 Å². The van der Waals surface area contributed by atoms with E-state index in [0.717, 1.165) is 43.9 Å². The number of methoxy groups -OCH3 is 1. The van der Waals surface area contributed by atoms with Crippen molar-refractivity contribution in [2.24, 2.45) is 0 Å². The average molecular weight is 364 g/mol. The van der Waals surface area contributed by atoms with E-state index in [1.807, 2.05) is 0 Å². The second-order valence-electron chi connectivity index (χ2n) is 5.67. The van der Waals surface area contributed by atoms with Crippen LogP contribution in [0.2, 0.25) is 5.02 Å². The number of esters is 1. The first kappa shape index (κ1) is 18.2. The third-order valence-electron chi connectivity index (χ3n) is 4.05. The Kier molecular flexibility index (Phi) is 5.65. The Morgan fingerprint density at radius 1 is 1.26 bits per heavy atom. The number of hydrogen-bond acceptors (Lipinski definition) is 4. The van der Waals surface area contributed by atoms with Crippen LogP contribution >= 0.6 is 11.6 Å². The van der Waals surface area contributed by atoms with Crippen LogP contribution in [-0.4, -0.2) is 27.0 Å². The SMILES string of the molecule is COC(=O)C1(NS(=O)(=O)c2ccc(F)cc2Cl)CCCCCC1. The molecular weight excluding hydrogens is 345 g/mol. The maximum atomic E-state index is 13.1. The number of benzene rings is 1. The van der Waals surface area contributed by atoms with Gasteiger partial charge in [0, 0.05) is 0 Å². The smallest absolute Gasteiger partial charge is 0.327 e. The first-order valence-electron chi connectivity index (χ1n) is 7.38. The largest absolute Gasteiger partial charge is 0.468 e. The van der Waals surface area contributed by atoms with Crippen LogP contribution in [0.5, 0.6) is 0 Å². The lowest BCUT2D eigenvalue weighted by molar-refractivity contribution is -0.148. The van der Waals surface area contributed by atoms with Gasteiger partial charge in [0.05, 0.1) is 12.1 Å². The minimum absolute atomic E-state index is 0.230. The van der Waals surface area contributed by atoms with Crippen molar-refractivity contribution < 1.29 is 22.3 Å². The molecule has 1 saturated carbocycles. The van der Waals surface area contributed by atoms with Crippen molar-refractivity contribution in [3.05, 3.63) is 29.0 Å². The van der Waals surface area contributed by atoms with Gasteiger partial charge in [-0.3, -0.25) is 4.79 Å². The fourth-order valence-corrected chi connectivity index (χ4v) is 4.83. The van der Waals surface area contributed by atoms with E-state index in [2.05, 4.69) is 4.72 Å². The van der Waals surface area contributed by atoms with Crippen LogP contribution in [-0.2, 0) is 19.6 Å². The van der Waals surface area contributed by atoms with E-state index in [4.69, 9.17) is 16.3 Å². The number of rotatable bonds is 4. The van der Waals surface area contributed by atoms with E-state index < -0.39 is 27.3 Å². The highest BCUT2D eigenvalue weighted by atomic mass is 35.5. The summed E-state index contributed by atoms with van der Waals surface area (Å²) in [6.45, 7) is 0. The number of sulfonamides is 1. The van der Waals surface area contributed by atoms with Crippen molar-refractivity contribution in [2.75, 3.05) is 7.11 Å². The fraction of sp³-hybridized carbons (Fsp3) is 0.533. The summed E-state index contributed by atoms with van der Waals surface area (Å²) in [5.41, 5.74) is -1.30. The number of carbonyl (C=O) groups is 1. The molecule has 0 spiro atoms. The molecule has 1 fully saturated rings. The van der Waals surface area contributed by atoms with Crippen molar-refractivity contribution in [2.45, 2.75) is 49.0 Å². The van der Waals surface area contributed by atoms with E-state index in [9.17, 15) is 17.6 Å². The quantitative estimate of drug-likeness (QED) is 0.659. The molecule has 2 rings (SSSR count). The molecule has 1 aliphatic rings. The predicted molar refractivity (Wildman–Crippen MR) is 84.2 cm³/mol. The normalized spacial score (nSPS) is 18.2. The molecule has 0 aromatic heterocycles. The van der Waals surface area contributed by atoms with Crippen molar-refractivity contribution >= 4 is 27.6 Å². The van der Waals surface area contributed by atoms with Crippen molar-refractivity contribution in [1.82, 2.24) is 4.72 Å². The van der Waals surface area contributed by atoms with Crippen LogP contribution in [0.3, 0.4) is 0 Å². The molecule has 0 radical (unpaired) electrons. The summed E-state index contributed by atoms with van der Waals surface area (Å²) in [6, 6.07) is 3.02. The molecule has 23 heavy (non-hydrogen) atoms. The van der Waals surface area contributed by atoms with Crippen molar-refractivity contribution in [1.29, 1.82) is 0 Å². The summed E-state index contributed by atoms with van der Waals surface area (Å²) in [5.74, 6) is -1.24. The number of halogens is 2. The zero-order chi connectivity index (χ0) is 17.1. The molecule has 0 aliphatic heterocycles. The molecule has 0 unspecified atom stereocenters. The second kappa shape index (κ2) is 7.15. The molecule has 1 aromatic rings. The molecule has 0 saturated heterocycles. The lowest BCUT2D eigenvalue weighted by Gasteiger charge is -2.30. The topological polar surface area (TPSA) is 72.5 Å². The Morgan fingerprint density at radius 3 is 2.39 bits per heavy atom. The Balaban J connectivity index is 2.39. The highest BCUT2D eigenvalue weighted by Crippen LogP contribution is 2.31. The Hall–Kier alpha value is -1.18. The summed E-state index contributed by atoms with van der Waals surface area (Å²) in [4.78, 5) is 12.0. The van der Waals surface area contributed by atoms with Gasteiger partial charge in [-0.25, -0.2) is 12.8 Å². The number of ether oxygens (including phenoxy) is 1. The third-order valence-corrected chi connectivity index (χ3v) is 6.07. The molecule has 0 atom stereocenters. The minimum Gasteiger partial charge on any atom is -0.468 e. The fourth-order valence-electron chi connectivity index (χ4n) is 2.88. The highest BCUT2D eigenvalue weighted by Gasteiger charge is 2.43. The molecule has 5 nitrogen and oxygen atoms in total. The van der Waals surface area contributed by atoms with Gasteiger partial charge in [0.2, 0.25) is 10.0 Å². The van der Waals surface area contributed by atoms with E-state index in [0.29, 0.717) is 12.8 Å². The van der Waals surface area contributed by atoms with Gasteiger partial charge in [0.25, 0.3) is 0 Å². The molecule has 0 heterocycles. The van der Waals surface area contributed by atoms with Crippen LogP contribution in [0.25, 0.3) is 0 Å². The summed E-state index contributed by atoms with van der Waals surface area (Å²) < 4.78 is 45.7. The van der Waals surface area contributed by atoms with Gasteiger partial charge in [-0.1, -0.05) is 37.3 Å². The molecule has 128 valence electrons. The van der Waals surface area contributed by atoms with Gasteiger partial charge in [-0.05, 0) is 31.0 Å². The first-order valence-corrected chi connectivity index (χ1v) is 9.24.